The zero-order valence-corrected chi connectivity index (χ0v) is 12.9. The van der Waals surface area contributed by atoms with Gasteiger partial charge in [-0.2, -0.15) is 0 Å². The lowest BCUT2D eigenvalue weighted by atomic mass is 10.2. The molecule has 0 N–H and O–H groups in total. The van der Waals surface area contributed by atoms with E-state index in [1.807, 2.05) is 36.4 Å². The normalized spacial score (nSPS) is 10.4. The fourth-order valence-electron chi connectivity index (χ4n) is 1.52. The Kier molecular flexibility index (Phi) is 11.2. The monoisotopic (exact) mass is 281 g/mol. The van der Waals surface area contributed by atoms with Crippen molar-refractivity contribution in [2.24, 2.45) is 0 Å². The van der Waals surface area contributed by atoms with E-state index in [4.69, 9.17) is 11.6 Å². The summed E-state index contributed by atoms with van der Waals surface area (Å²) in [5, 5.41) is -0.331. The Labute approximate surface area is 122 Å². The first-order valence-electron chi connectivity index (χ1n) is 6.76. The van der Waals surface area contributed by atoms with Crippen molar-refractivity contribution in [1.82, 2.24) is 4.90 Å². The minimum absolute atomic E-state index is 0.288. The maximum absolute atomic E-state index is 10.3. The molecule has 19 heavy (non-hydrogen) atoms. The smallest absolute Gasteiger partial charge is 0.225 e. The quantitative estimate of drug-likeness (QED) is 0.728. The maximum Gasteiger partial charge on any atom is 0.225 e. The number of allylic oxidation sites excluding steroid dienone is 1. The van der Waals surface area contributed by atoms with Gasteiger partial charge in [-0.05, 0) is 36.8 Å². The molecule has 0 bridgehead atoms. The summed E-state index contributed by atoms with van der Waals surface area (Å²) in [5.41, 5.74) is 1.08. The molecule has 0 unspecified atom stereocenters. The van der Waals surface area contributed by atoms with E-state index in [9.17, 15) is 4.79 Å². The molecule has 2 nitrogen and oxygen atoms in total. The number of carbonyl (C=O) groups is 1. The fraction of sp³-hybridized carbons (Fsp3) is 0.438. The van der Waals surface area contributed by atoms with E-state index in [0.29, 0.717) is 0 Å². The van der Waals surface area contributed by atoms with E-state index < -0.39 is 0 Å². The van der Waals surface area contributed by atoms with Gasteiger partial charge in [0.2, 0.25) is 5.24 Å². The molecule has 1 aromatic rings. The number of carbonyl (C=O) groups excluding carboxylic acids is 1. The van der Waals surface area contributed by atoms with Gasteiger partial charge in [0.1, 0.15) is 0 Å². The first kappa shape index (κ1) is 17.9. The number of nitrogens with zero attached hydrogens (tertiary/aromatic N) is 1. The summed E-state index contributed by atoms with van der Waals surface area (Å²) in [6, 6.07) is 9.78. The molecule has 0 aliphatic heterocycles. The fourth-order valence-corrected chi connectivity index (χ4v) is 1.61. The van der Waals surface area contributed by atoms with Crippen LogP contribution >= 0.6 is 11.6 Å². The molecule has 106 valence electrons. The Morgan fingerprint density at radius 2 is 1.63 bits per heavy atom. The first-order valence-corrected chi connectivity index (χ1v) is 7.14. The van der Waals surface area contributed by atoms with Gasteiger partial charge in [0, 0.05) is 6.42 Å². The van der Waals surface area contributed by atoms with E-state index in [1.54, 1.807) is 6.08 Å². The minimum Gasteiger partial charge on any atom is -0.304 e. The van der Waals surface area contributed by atoms with E-state index in [-0.39, 0.29) is 11.7 Å². The van der Waals surface area contributed by atoms with Crippen molar-refractivity contribution < 1.29 is 4.79 Å². The van der Waals surface area contributed by atoms with E-state index in [0.717, 1.165) is 5.56 Å². The van der Waals surface area contributed by atoms with Crippen molar-refractivity contribution in [2.75, 3.05) is 19.6 Å². The standard InChI is InChI=1S/C10H9ClO.C6H15N/c11-10(12)8-4-7-9-5-2-1-3-6-9;1-4-7(5-2)6-3/h1-7H,8H2;4-6H2,1-3H3. The number of benzene rings is 1. The van der Waals surface area contributed by atoms with Crippen LogP contribution in [0, 0.1) is 0 Å². The van der Waals surface area contributed by atoms with Crippen LogP contribution in [0.15, 0.2) is 36.4 Å². The largest absolute Gasteiger partial charge is 0.304 e. The SMILES string of the molecule is CCN(CC)CC.O=C(Cl)CC=Cc1ccccc1. The Hall–Kier alpha value is -1.12. The molecule has 1 rings (SSSR count). The first-order chi connectivity index (χ1) is 9.13. The summed E-state index contributed by atoms with van der Waals surface area (Å²) in [7, 11) is 0. The highest BCUT2D eigenvalue weighted by atomic mass is 35.5. The molecular weight excluding hydrogens is 258 g/mol. The van der Waals surface area contributed by atoms with Gasteiger partial charge in [-0.1, -0.05) is 63.3 Å². The van der Waals surface area contributed by atoms with Gasteiger partial charge in [-0.3, -0.25) is 4.79 Å². The molecule has 0 heterocycles. The molecule has 3 heteroatoms. The second kappa shape index (κ2) is 11.9. The predicted octanol–water partition coefficient (Wildman–Crippen LogP) is 4.20. The summed E-state index contributed by atoms with van der Waals surface area (Å²) >= 11 is 5.15. The summed E-state index contributed by atoms with van der Waals surface area (Å²) in [5.74, 6) is 0. The van der Waals surface area contributed by atoms with Crippen LogP contribution in [0.4, 0.5) is 0 Å². The topological polar surface area (TPSA) is 20.3 Å². The van der Waals surface area contributed by atoms with Crippen molar-refractivity contribution >= 4 is 22.9 Å². The highest BCUT2D eigenvalue weighted by molar-refractivity contribution is 6.63. The van der Waals surface area contributed by atoms with Gasteiger partial charge in [-0.25, -0.2) is 0 Å². The van der Waals surface area contributed by atoms with Gasteiger partial charge in [-0.15, -0.1) is 0 Å². The van der Waals surface area contributed by atoms with Gasteiger partial charge >= 0.3 is 0 Å². The molecule has 0 atom stereocenters. The molecule has 0 aliphatic rings. The Bertz CT molecular complexity index is 353. The van der Waals surface area contributed by atoms with Crippen LogP contribution in [0.2, 0.25) is 0 Å². The van der Waals surface area contributed by atoms with Crippen molar-refractivity contribution in [3.05, 3.63) is 42.0 Å². The maximum atomic E-state index is 10.3. The molecule has 1 aromatic carbocycles. The lowest BCUT2D eigenvalue weighted by Crippen LogP contribution is -2.21. The lowest BCUT2D eigenvalue weighted by Gasteiger charge is -2.13. The van der Waals surface area contributed by atoms with Crippen LogP contribution in [-0.2, 0) is 4.79 Å². The number of halogens is 1. The third-order valence-electron chi connectivity index (χ3n) is 2.73. The number of rotatable bonds is 6. The van der Waals surface area contributed by atoms with Crippen LogP contribution in [0.1, 0.15) is 32.8 Å². The second-order valence-corrected chi connectivity index (χ2v) is 4.41. The van der Waals surface area contributed by atoms with E-state index in [1.165, 1.54) is 19.6 Å². The van der Waals surface area contributed by atoms with Crippen LogP contribution in [-0.4, -0.2) is 29.8 Å². The molecule has 0 saturated heterocycles. The molecule has 0 amide bonds. The minimum atomic E-state index is -0.331. The average molecular weight is 282 g/mol. The van der Waals surface area contributed by atoms with Crippen molar-refractivity contribution in [1.29, 1.82) is 0 Å². The highest BCUT2D eigenvalue weighted by Crippen LogP contribution is 2.02. The summed E-state index contributed by atoms with van der Waals surface area (Å²) in [6.45, 7) is 10.1. The van der Waals surface area contributed by atoms with Crippen LogP contribution in [0.5, 0.6) is 0 Å². The van der Waals surface area contributed by atoms with Crippen LogP contribution < -0.4 is 0 Å². The molecule has 0 aliphatic carbocycles. The lowest BCUT2D eigenvalue weighted by molar-refractivity contribution is -0.110. The third-order valence-corrected chi connectivity index (χ3v) is 2.88. The summed E-state index contributed by atoms with van der Waals surface area (Å²) in [4.78, 5) is 12.7. The molecule has 0 saturated carbocycles. The Morgan fingerprint density at radius 3 is 2.00 bits per heavy atom. The van der Waals surface area contributed by atoms with Crippen LogP contribution in [0.3, 0.4) is 0 Å². The summed E-state index contributed by atoms with van der Waals surface area (Å²) < 4.78 is 0. The highest BCUT2D eigenvalue weighted by Gasteiger charge is 1.89. The van der Waals surface area contributed by atoms with Crippen LogP contribution in [0.25, 0.3) is 6.08 Å². The zero-order valence-electron chi connectivity index (χ0n) is 12.1. The van der Waals surface area contributed by atoms with Gasteiger partial charge < -0.3 is 4.90 Å². The third kappa shape index (κ3) is 10.5. The van der Waals surface area contributed by atoms with Gasteiger partial charge in [0.25, 0.3) is 0 Å². The number of hydrogen-bond donors (Lipinski definition) is 0. The van der Waals surface area contributed by atoms with Crippen molar-refractivity contribution in [2.45, 2.75) is 27.2 Å². The average Bonchev–Trinajstić information content (AvgIpc) is 2.42. The second-order valence-electron chi connectivity index (χ2n) is 3.99. The Balaban J connectivity index is 0.000000399. The molecule has 0 spiro atoms. The van der Waals surface area contributed by atoms with E-state index in [2.05, 4.69) is 25.7 Å². The molecule has 0 radical (unpaired) electrons. The van der Waals surface area contributed by atoms with E-state index >= 15 is 0 Å². The number of hydrogen-bond acceptors (Lipinski definition) is 2. The van der Waals surface area contributed by atoms with Crippen molar-refractivity contribution in [3.8, 4) is 0 Å². The van der Waals surface area contributed by atoms with Gasteiger partial charge in [0.05, 0.1) is 0 Å². The zero-order chi connectivity index (χ0) is 14.5. The summed E-state index contributed by atoms with van der Waals surface area (Å²) in [6.07, 6.45) is 3.92. The van der Waals surface area contributed by atoms with Gasteiger partial charge in [0.15, 0.2) is 0 Å². The van der Waals surface area contributed by atoms with Crippen molar-refractivity contribution in [3.63, 3.8) is 0 Å². The molecular formula is C16H24ClNO. The molecule has 0 fully saturated rings. The molecule has 0 aromatic heterocycles. The Morgan fingerprint density at radius 1 is 1.11 bits per heavy atom. The predicted molar refractivity (Wildman–Crippen MR) is 84.4 cm³/mol.